The van der Waals surface area contributed by atoms with Gasteiger partial charge in [-0.25, -0.2) is 4.98 Å². The van der Waals surface area contributed by atoms with Crippen molar-refractivity contribution in [3.05, 3.63) is 77.1 Å². The third-order valence-electron chi connectivity index (χ3n) is 6.22. The molecule has 1 aliphatic rings. The van der Waals surface area contributed by atoms with Gasteiger partial charge in [-0.3, -0.25) is 9.48 Å². The summed E-state index contributed by atoms with van der Waals surface area (Å²) in [5, 5.41) is 14.5. The molecule has 3 aromatic rings. The van der Waals surface area contributed by atoms with Gasteiger partial charge in [-0.2, -0.15) is 5.10 Å². The zero-order valence-electron chi connectivity index (χ0n) is 19.9. The summed E-state index contributed by atoms with van der Waals surface area (Å²) in [5.74, 6) is 0.297. The topological polar surface area (TPSA) is 86.5 Å². The summed E-state index contributed by atoms with van der Waals surface area (Å²) in [7, 11) is 3.47. The molecule has 2 aromatic heterocycles. The monoisotopic (exact) mass is 461 g/mol. The summed E-state index contributed by atoms with van der Waals surface area (Å²) in [6.45, 7) is 3.01. The Morgan fingerprint density at radius 2 is 2.09 bits per heavy atom. The van der Waals surface area contributed by atoms with E-state index in [1.807, 2.05) is 38.4 Å². The fourth-order valence-corrected chi connectivity index (χ4v) is 4.13. The van der Waals surface area contributed by atoms with Crippen LogP contribution in [0.1, 0.15) is 40.0 Å². The average Bonchev–Trinajstić information content (AvgIpc) is 3.28. The molecule has 7 nitrogen and oxygen atoms in total. The van der Waals surface area contributed by atoms with Gasteiger partial charge in [-0.1, -0.05) is 36.4 Å². The van der Waals surface area contributed by atoms with E-state index in [1.54, 1.807) is 17.9 Å². The number of allylic oxidation sites excluding steroid dienone is 1. The molecule has 1 aromatic carbocycles. The number of nitrogens with zero attached hydrogens (tertiary/aromatic N) is 3. The molecule has 1 saturated heterocycles. The second-order valence-corrected chi connectivity index (χ2v) is 8.70. The maximum atomic E-state index is 12.9. The van der Waals surface area contributed by atoms with E-state index in [9.17, 15) is 9.90 Å². The molecule has 178 valence electrons. The molecular weight excluding hydrogens is 430 g/mol. The molecule has 0 aliphatic carbocycles. The number of methoxy groups -OCH3 is 1. The minimum Gasteiger partial charge on any atom is -0.481 e. The number of rotatable bonds is 8. The zero-order valence-corrected chi connectivity index (χ0v) is 19.9. The number of ketones is 1. The number of pyridine rings is 1. The molecule has 0 radical (unpaired) electrons. The first kappa shape index (κ1) is 23.9. The van der Waals surface area contributed by atoms with Gasteiger partial charge in [0.1, 0.15) is 5.69 Å². The number of aliphatic hydroxyl groups excluding tert-OH is 1. The van der Waals surface area contributed by atoms with Crippen LogP contribution in [0.25, 0.3) is 11.3 Å². The van der Waals surface area contributed by atoms with Gasteiger partial charge in [0.15, 0.2) is 5.78 Å². The second-order valence-electron chi connectivity index (χ2n) is 8.70. The van der Waals surface area contributed by atoms with Crippen molar-refractivity contribution in [2.45, 2.75) is 32.3 Å². The molecule has 0 spiro atoms. The smallest absolute Gasteiger partial charge is 0.216 e. The molecule has 0 bridgehead atoms. The summed E-state index contributed by atoms with van der Waals surface area (Å²) in [4.78, 5) is 17.3. The predicted octanol–water partition coefficient (Wildman–Crippen LogP) is 3.92. The standard InChI is InChI=1S/C27H31N3O4/c1-18-22(15-19-7-9-20(10-8-19)23-11-13-30(2)29-23)16-24(28-27(18)33-3)26(32)6-4-5-21-17-34-14-12-25(21)31/h4-5,7-11,13,16,21,25,31H,6,12,14-15,17H2,1-3H3/b5-4+/t21-,25-/m0/s1. The molecule has 34 heavy (non-hydrogen) atoms. The average molecular weight is 462 g/mol. The first-order valence-electron chi connectivity index (χ1n) is 11.5. The Bertz CT molecular complexity index is 1170. The van der Waals surface area contributed by atoms with Crippen molar-refractivity contribution in [3.8, 4) is 17.1 Å². The van der Waals surface area contributed by atoms with Crippen LogP contribution in [0.5, 0.6) is 5.88 Å². The predicted molar refractivity (Wildman–Crippen MR) is 130 cm³/mol. The van der Waals surface area contributed by atoms with Crippen molar-refractivity contribution in [1.82, 2.24) is 14.8 Å². The summed E-state index contributed by atoms with van der Waals surface area (Å²) in [6.07, 6.45) is 6.66. The number of carbonyl (C=O) groups is 1. The zero-order chi connectivity index (χ0) is 24.1. The lowest BCUT2D eigenvalue weighted by Crippen LogP contribution is -2.30. The van der Waals surface area contributed by atoms with Gasteiger partial charge >= 0.3 is 0 Å². The lowest BCUT2D eigenvalue weighted by atomic mass is 9.97. The largest absolute Gasteiger partial charge is 0.481 e. The van der Waals surface area contributed by atoms with Crippen LogP contribution in [-0.2, 0) is 18.2 Å². The van der Waals surface area contributed by atoms with Gasteiger partial charge in [0, 0.05) is 43.3 Å². The molecule has 0 saturated carbocycles. The van der Waals surface area contributed by atoms with Crippen molar-refractivity contribution >= 4 is 5.78 Å². The maximum absolute atomic E-state index is 12.9. The van der Waals surface area contributed by atoms with E-state index in [2.05, 4.69) is 34.3 Å². The molecule has 7 heteroatoms. The third-order valence-corrected chi connectivity index (χ3v) is 6.22. The number of Topliss-reactive ketones (excluding diaryl/α,β-unsaturated/α-hetero) is 1. The first-order chi connectivity index (χ1) is 16.4. The van der Waals surface area contributed by atoms with Gasteiger partial charge in [-0.05, 0) is 43.0 Å². The Labute approximate surface area is 200 Å². The highest BCUT2D eigenvalue weighted by molar-refractivity contribution is 5.95. The highest BCUT2D eigenvalue weighted by Gasteiger charge is 2.21. The van der Waals surface area contributed by atoms with Crippen molar-refractivity contribution in [2.24, 2.45) is 13.0 Å². The Hall–Kier alpha value is -3.29. The number of benzene rings is 1. The van der Waals surface area contributed by atoms with Gasteiger partial charge in [-0.15, -0.1) is 0 Å². The van der Waals surface area contributed by atoms with Crippen LogP contribution in [0.4, 0.5) is 0 Å². The van der Waals surface area contributed by atoms with E-state index in [4.69, 9.17) is 9.47 Å². The number of aliphatic hydroxyl groups is 1. The molecule has 4 rings (SSSR count). The molecule has 1 fully saturated rings. The third kappa shape index (κ3) is 5.61. The number of hydrogen-bond acceptors (Lipinski definition) is 6. The maximum Gasteiger partial charge on any atom is 0.216 e. The Balaban J connectivity index is 1.49. The summed E-state index contributed by atoms with van der Waals surface area (Å²) in [6, 6.07) is 12.1. The lowest BCUT2D eigenvalue weighted by Gasteiger charge is -2.25. The van der Waals surface area contributed by atoms with E-state index in [1.165, 1.54) is 0 Å². The van der Waals surface area contributed by atoms with Crippen molar-refractivity contribution in [3.63, 3.8) is 0 Å². The number of aryl methyl sites for hydroxylation is 1. The van der Waals surface area contributed by atoms with Crippen LogP contribution in [0.2, 0.25) is 0 Å². The number of hydrogen-bond donors (Lipinski definition) is 1. The summed E-state index contributed by atoms with van der Waals surface area (Å²) < 4.78 is 12.7. The molecule has 2 atom stereocenters. The SMILES string of the molecule is COc1nc(C(=O)C/C=C/[C@H]2COCC[C@@H]2O)cc(Cc2ccc(-c3ccn(C)n3)cc2)c1C. The van der Waals surface area contributed by atoms with E-state index >= 15 is 0 Å². The normalized spacial score (nSPS) is 18.4. The van der Waals surface area contributed by atoms with Gasteiger partial charge < -0.3 is 14.6 Å². The Morgan fingerprint density at radius 3 is 2.76 bits per heavy atom. The fourth-order valence-electron chi connectivity index (χ4n) is 4.13. The first-order valence-corrected chi connectivity index (χ1v) is 11.5. The van der Waals surface area contributed by atoms with E-state index in [-0.39, 0.29) is 18.1 Å². The van der Waals surface area contributed by atoms with E-state index in [0.717, 1.165) is 27.9 Å². The molecule has 0 amide bonds. The number of aromatic nitrogens is 3. The van der Waals surface area contributed by atoms with E-state index < -0.39 is 6.10 Å². The molecule has 1 N–H and O–H groups in total. The van der Waals surface area contributed by atoms with Gasteiger partial charge in [0.25, 0.3) is 0 Å². The highest BCUT2D eigenvalue weighted by Crippen LogP contribution is 2.25. The summed E-state index contributed by atoms with van der Waals surface area (Å²) >= 11 is 0. The van der Waals surface area contributed by atoms with Crippen LogP contribution in [0.15, 0.2) is 54.7 Å². The van der Waals surface area contributed by atoms with Gasteiger partial charge in [0.2, 0.25) is 5.88 Å². The highest BCUT2D eigenvalue weighted by atomic mass is 16.5. The summed E-state index contributed by atoms with van der Waals surface area (Å²) in [5.41, 5.74) is 5.42. The van der Waals surface area contributed by atoms with Crippen LogP contribution in [-0.4, -0.2) is 52.1 Å². The van der Waals surface area contributed by atoms with Crippen LogP contribution < -0.4 is 4.74 Å². The van der Waals surface area contributed by atoms with E-state index in [0.29, 0.717) is 37.6 Å². The van der Waals surface area contributed by atoms with Crippen LogP contribution in [0, 0.1) is 12.8 Å². The fraction of sp³-hybridized carbons (Fsp3) is 0.370. The molecule has 3 heterocycles. The Morgan fingerprint density at radius 1 is 1.29 bits per heavy atom. The number of ether oxygens (including phenoxy) is 2. The van der Waals surface area contributed by atoms with Crippen LogP contribution >= 0.6 is 0 Å². The van der Waals surface area contributed by atoms with Gasteiger partial charge in [0.05, 0.1) is 25.5 Å². The molecule has 0 unspecified atom stereocenters. The molecular formula is C27H31N3O4. The van der Waals surface area contributed by atoms with Crippen LogP contribution in [0.3, 0.4) is 0 Å². The molecule has 1 aliphatic heterocycles. The second kappa shape index (κ2) is 10.8. The minimum absolute atomic E-state index is 0.0771. The quantitative estimate of drug-likeness (QED) is 0.404. The van der Waals surface area contributed by atoms with Crippen molar-refractivity contribution in [1.29, 1.82) is 0 Å². The van der Waals surface area contributed by atoms with Crippen molar-refractivity contribution < 1.29 is 19.4 Å². The minimum atomic E-state index is -0.423. The Kier molecular flexibility index (Phi) is 7.55. The lowest BCUT2D eigenvalue weighted by molar-refractivity contribution is -0.0177. The number of carbonyl (C=O) groups excluding carboxylic acids is 1. The van der Waals surface area contributed by atoms with Crippen molar-refractivity contribution in [2.75, 3.05) is 20.3 Å².